The van der Waals surface area contributed by atoms with Gasteiger partial charge in [0.25, 0.3) is 0 Å². The average Bonchev–Trinajstić information content (AvgIpc) is 3.31. The van der Waals surface area contributed by atoms with Gasteiger partial charge in [-0.2, -0.15) is 5.10 Å². The maximum Gasteiger partial charge on any atom is 0.230 e. The van der Waals surface area contributed by atoms with Crippen molar-refractivity contribution in [3.8, 4) is 11.5 Å². The van der Waals surface area contributed by atoms with E-state index in [1.165, 1.54) is 12.1 Å². The Morgan fingerprint density at radius 2 is 2.03 bits per heavy atom. The Hall–Kier alpha value is -3.81. The number of ether oxygens (including phenoxy) is 2. The summed E-state index contributed by atoms with van der Waals surface area (Å²) in [6, 6.07) is 11.9. The van der Waals surface area contributed by atoms with Crippen LogP contribution in [0.1, 0.15) is 16.8 Å². The molecule has 7 nitrogen and oxygen atoms in total. The highest BCUT2D eigenvalue weighted by atomic mass is 19.1. The predicted molar refractivity (Wildman–Crippen MR) is 116 cm³/mol. The Bertz CT molecular complexity index is 1250. The van der Waals surface area contributed by atoms with E-state index in [0.29, 0.717) is 29.2 Å². The van der Waals surface area contributed by atoms with Gasteiger partial charge in [-0.15, -0.1) is 0 Å². The summed E-state index contributed by atoms with van der Waals surface area (Å²) in [5.41, 5.74) is 3.28. The van der Waals surface area contributed by atoms with Crippen LogP contribution in [-0.2, 0) is 17.8 Å². The monoisotopic (exact) mass is 422 g/mol. The molecule has 8 heteroatoms. The average molecular weight is 422 g/mol. The second-order valence-corrected chi connectivity index (χ2v) is 7.17. The molecule has 0 saturated heterocycles. The fraction of sp³-hybridized carbons (Fsp3) is 0.217. The van der Waals surface area contributed by atoms with Crippen molar-refractivity contribution in [2.45, 2.75) is 19.9 Å². The lowest BCUT2D eigenvalue weighted by Gasteiger charge is -2.14. The molecular formula is C23H23FN4O3. The third kappa shape index (κ3) is 4.09. The maximum absolute atomic E-state index is 13.7. The third-order valence-electron chi connectivity index (χ3n) is 5.21. The number of halogens is 1. The summed E-state index contributed by atoms with van der Waals surface area (Å²) in [5, 5.41) is 7.94. The summed E-state index contributed by atoms with van der Waals surface area (Å²) in [4.78, 5) is 16.0. The Morgan fingerprint density at radius 3 is 2.81 bits per heavy atom. The van der Waals surface area contributed by atoms with Crippen molar-refractivity contribution in [3.63, 3.8) is 0 Å². The van der Waals surface area contributed by atoms with E-state index in [2.05, 4.69) is 15.4 Å². The summed E-state index contributed by atoms with van der Waals surface area (Å²) < 4.78 is 26.2. The van der Waals surface area contributed by atoms with E-state index in [1.54, 1.807) is 37.2 Å². The van der Waals surface area contributed by atoms with Crippen molar-refractivity contribution in [2.75, 3.05) is 19.5 Å². The van der Waals surface area contributed by atoms with Gasteiger partial charge >= 0.3 is 0 Å². The number of H-pyrrole nitrogens is 1. The zero-order chi connectivity index (χ0) is 22.0. The van der Waals surface area contributed by atoms with Crippen LogP contribution in [-0.4, -0.2) is 34.9 Å². The number of aryl methyl sites for hydroxylation is 1. The van der Waals surface area contributed by atoms with Gasteiger partial charge in [-0.1, -0.05) is 12.1 Å². The molecule has 0 radical (unpaired) electrons. The number of hydrogen-bond donors (Lipinski definition) is 2. The molecule has 1 amide bonds. The first kappa shape index (κ1) is 20.5. The van der Waals surface area contributed by atoms with Crippen LogP contribution in [0.4, 0.5) is 10.2 Å². The van der Waals surface area contributed by atoms with Crippen molar-refractivity contribution in [3.05, 3.63) is 71.3 Å². The zero-order valence-corrected chi connectivity index (χ0v) is 17.5. The largest absolute Gasteiger partial charge is 0.493 e. The van der Waals surface area contributed by atoms with Crippen LogP contribution in [0.2, 0.25) is 0 Å². The highest BCUT2D eigenvalue weighted by Gasteiger charge is 2.16. The van der Waals surface area contributed by atoms with Gasteiger partial charge in [0.05, 0.1) is 33.4 Å². The van der Waals surface area contributed by atoms with Gasteiger partial charge in [0.2, 0.25) is 5.91 Å². The fourth-order valence-electron chi connectivity index (χ4n) is 3.73. The third-order valence-corrected chi connectivity index (χ3v) is 5.21. The number of nitrogens with zero attached hydrogens (tertiary/aromatic N) is 2. The van der Waals surface area contributed by atoms with Gasteiger partial charge in [0, 0.05) is 28.2 Å². The number of aromatic amines is 1. The van der Waals surface area contributed by atoms with Crippen LogP contribution < -0.4 is 14.8 Å². The van der Waals surface area contributed by atoms with Crippen molar-refractivity contribution in [1.29, 1.82) is 0 Å². The summed E-state index contributed by atoms with van der Waals surface area (Å²) in [6.07, 6.45) is 1.73. The van der Waals surface area contributed by atoms with E-state index < -0.39 is 0 Å². The van der Waals surface area contributed by atoms with Crippen molar-refractivity contribution in [2.24, 2.45) is 0 Å². The number of amides is 1. The molecule has 0 saturated carbocycles. The van der Waals surface area contributed by atoms with Crippen molar-refractivity contribution in [1.82, 2.24) is 14.8 Å². The molecule has 2 heterocycles. The minimum absolute atomic E-state index is 0.114. The predicted octanol–water partition coefficient (Wildman–Crippen LogP) is 4.06. The summed E-state index contributed by atoms with van der Waals surface area (Å²) in [5.74, 6) is 1.25. The number of para-hydroxylation sites is 1. The van der Waals surface area contributed by atoms with Gasteiger partial charge in [0.15, 0.2) is 11.5 Å². The van der Waals surface area contributed by atoms with E-state index in [1.807, 2.05) is 25.1 Å². The Morgan fingerprint density at radius 1 is 1.19 bits per heavy atom. The molecule has 0 atom stereocenters. The van der Waals surface area contributed by atoms with Crippen LogP contribution in [0, 0.1) is 12.7 Å². The second kappa shape index (κ2) is 8.51. The standard InChI is InChI=1S/C23H23FN4O3/c1-14-17(18-11-16(24)7-8-19(18)26-14)12-22(29)27-21-9-10-25-28(21)13-15-5-4-6-20(30-2)23(15)31-3/h4-11,26H,12-13H2,1-3H3,(H,27,29). The lowest BCUT2D eigenvalue weighted by atomic mass is 10.1. The van der Waals surface area contributed by atoms with Crippen LogP contribution >= 0.6 is 0 Å². The summed E-state index contributed by atoms with van der Waals surface area (Å²) >= 11 is 0. The number of rotatable bonds is 7. The first-order chi connectivity index (χ1) is 15.0. The molecule has 0 aliphatic heterocycles. The first-order valence-electron chi connectivity index (χ1n) is 9.78. The summed E-state index contributed by atoms with van der Waals surface area (Å²) in [7, 11) is 3.17. The Balaban J connectivity index is 1.54. The van der Waals surface area contributed by atoms with Crippen LogP contribution in [0.3, 0.4) is 0 Å². The quantitative estimate of drug-likeness (QED) is 0.471. The second-order valence-electron chi connectivity index (χ2n) is 7.17. The Kier molecular flexibility index (Phi) is 5.62. The van der Waals surface area contributed by atoms with E-state index >= 15 is 0 Å². The lowest BCUT2D eigenvalue weighted by molar-refractivity contribution is -0.115. The normalized spacial score (nSPS) is 11.0. The minimum atomic E-state index is -0.335. The van der Waals surface area contributed by atoms with E-state index in [-0.39, 0.29) is 18.1 Å². The van der Waals surface area contributed by atoms with E-state index in [4.69, 9.17) is 9.47 Å². The fourth-order valence-corrected chi connectivity index (χ4v) is 3.73. The highest BCUT2D eigenvalue weighted by Crippen LogP contribution is 2.31. The number of carbonyl (C=O) groups is 1. The number of nitrogens with one attached hydrogen (secondary N) is 2. The highest BCUT2D eigenvalue weighted by molar-refractivity contribution is 5.96. The molecule has 0 aliphatic rings. The molecule has 0 bridgehead atoms. The molecule has 4 rings (SSSR count). The van der Waals surface area contributed by atoms with E-state index in [0.717, 1.165) is 22.3 Å². The molecule has 0 spiro atoms. The minimum Gasteiger partial charge on any atom is -0.493 e. The molecule has 2 N–H and O–H groups in total. The number of benzene rings is 2. The molecule has 2 aromatic carbocycles. The number of aromatic nitrogens is 3. The molecule has 0 fully saturated rings. The Labute approximate surface area is 178 Å². The molecule has 160 valence electrons. The SMILES string of the molecule is COc1cccc(Cn2nccc2NC(=O)Cc2c(C)[nH]c3ccc(F)cc23)c1OC. The van der Waals surface area contributed by atoms with Gasteiger partial charge in [0.1, 0.15) is 11.6 Å². The zero-order valence-electron chi connectivity index (χ0n) is 17.5. The molecule has 31 heavy (non-hydrogen) atoms. The first-order valence-corrected chi connectivity index (χ1v) is 9.78. The number of hydrogen-bond acceptors (Lipinski definition) is 4. The van der Waals surface area contributed by atoms with Crippen LogP contribution in [0.15, 0.2) is 48.7 Å². The number of anilines is 1. The molecule has 0 unspecified atom stereocenters. The van der Waals surface area contributed by atoms with Crippen LogP contribution in [0.5, 0.6) is 11.5 Å². The van der Waals surface area contributed by atoms with Gasteiger partial charge in [-0.05, 0) is 36.8 Å². The van der Waals surface area contributed by atoms with E-state index in [9.17, 15) is 9.18 Å². The van der Waals surface area contributed by atoms with Crippen molar-refractivity contribution >= 4 is 22.6 Å². The lowest BCUT2D eigenvalue weighted by Crippen LogP contribution is -2.18. The van der Waals surface area contributed by atoms with Crippen molar-refractivity contribution < 1.29 is 18.7 Å². The molecule has 0 aliphatic carbocycles. The molecular weight excluding hydrogens is 399 g/mol. The summed E-state index contributed by atoms with van der Waals surface area (Å²) in [6.45, 7) is 2.26. The smallest absolute Gasteiger partial charge is 0.230 e. The number of methoxy groups -OCH3 is 2. The molecule has 2 aromatic heterocycles. The van der Waals surface area contributed by atoms with Crippen LogP contribution in [0.25, 0.3) is 10.9 Å². The number of fused-ring (bicyclic) bond motifs is 1. The van der Waals surface area contributed by atoms with Gasteiger partial charge in [-0.3, -0.25) is 4.79 Å². The van der Waals surface area contributed by atoms with Gasteiger partial charge in [-0.25, -0.2) is 9.07 Å². The maximum atomic E-state index is 13.7. The topological polar surface area (TPSA) is 81.2 Å². The number of carbonyl (C=O) groups excluding carboxylic acids is 1. The van der Waals surface area contributed by atoms with Gasteiger partial charge < -0.3 is 19.8 Å². The molecule has 4 aromatic rings.